The average Bonchev–Trinajstić information content (AvgIpc) is 2.64. The van der Waals surface area contributed by atoms with Gasteiger partial charge >= 0.3 is 0 Å². The normalized spacial score (nSPS) is 11.8. The Labute approximate surface area is 110 Å². The number of aliphatic imine (C=N–C) groups is 2. The van der Waals surface area contributed by atoms with Crippen LogP contribution in [0.1, 0.15) is 12.7 Å². The van der Waals surface area contributed by atoms with Crippen LogP contribution in [-0.4, -0.2) is 21.5 Å². The largest absolute Gasteiger partial charge is 0.370 e. The molecular weight excluding hydrogens is 242 g/mol. The highest BCUT2D eigenvalue weighted by Crippen LogP contribution is 2.21. The molecule has 6 N–H and O–H groups in total. The Morgan fingerprint density at radius 3 is 2.68 bits per heavy atom. The predicted molar refractivity (Wildman–Crippen MR) is 77.2 cm³/mol. The zero-order valence-electron chi connectivity index (χ0n) is 11.0. The lowest BCUT2D eigenvalue weighted by Crippen LogP contribution is -2.26. The molecular formula is C12H17N7. The van der Waals surface area contributed by atoms with Crippen LogP contribution in [0, 0.1) is 0 Å². The van der Waals surface area contributed by atoms with E-state index in [1.807, 2.05) is 25.2 Å². The van der Waals surface area contributed by atoms with E-state index in [4.69, 9.17) is 17.2 Å². The van der Waals surface area contributed by atoms with E-state index in [1.54, 1.807) is 0 Å². The fourth-order valence-electron chi connectivity index (χ4n) is 1.91. The van der Waals surface area contributed by atoms with Gasteiger partial charge in [-0.15, -0.1) is 0 Å². The molecule has 100 valence electrons. The zero-order valence-corrected chi connectivity index (χ0v) is 11.0. The quantitative estimate of drug-likeness (QED) is 0.532. The van der Waals surface area contributed by atoms with Crippen molar-refractivity contribution in [2.75, 3.05) is 0 Å². The van der Waals surface area contributed by atoms with Gasteiger partial charge in [-0.2, -0.15) is 4.99 Å². The number of nitrogens with two attached hydrogens (primary N) is 3. The van der Waals surface area contributed by atoms with Crippen molar-refractivity contribution in [2.45, 2.75) is 13.3 Å². The lowest BCUT2D eigenvalue weighted by Gasteiger charge is -1.99. The topological polar surface area (TPSA) is 121 Å². The van der Waals surface area contributed by atoms with Gasteiger partial charge in [-0.1, -0.05) is 6.92 Å². The van der Waals surface area contributed by atoms with Gasteiger partial charge in [0.05, 0.1) is 16.7 Å². The number of guanidine groups is 2. The Morgan fingerprint density at radius 2 is 2.05 bits per heavy atom. The molecule has 0 atom stereocenters. The number of imidazole rings is 1. The lowest BCUT2D eigenvalue weighted by molar-refractivity contribution is 0.829. The maximum atomic E-state index is 5.59. The van der Waals surface area contributed by atoms with Gasteiger partial charge in [0, 0.05) is 13.5 Å². The summed E-state index contributed by atoms with van der Waals surface area (Å²) in [5, 5.41) is 0. The van der Waals surface area contributed by atoms with Crippen molar-refractivity contribution in [2.24, 2.45) is 34.2 Å². The van der Waals surface area contributed by atoms with E-state index in [0.717, 1.165) is 23.3 Å². The smallest absolute Gasteiger partial charge is 0.223 e. The third kappa shape index (κ3) is 2.65. The van der Waals surface area contributed by atoms with Gasteiger partial charge < -0.3 is 21.8 Å². The highest BCUT2D eigenvalue weighted by Gasteiger charge is 2.06. The van der Waals surface area contributed by atoms with Crippen LogP contribution in [0.4, 0.5) is 5.69 Å². The molecule has 0 unspecified atom stereocenters. The summed E-state index contributed by atoms with van der Waals surface area (Å²) in [5.74, 6) is 0.924. The van der Waals surface area contributed by atoms with Gasteiger partial charge in [0.15, 0.2) is 5.96 Å². The second-order valence-electron chi connectivity index (χ2n) is 4.12. The molecule has 1 aromatic carbocycles. The number of nitrogens with zero attached hydrogens (tertiary/aromatic N) is 4. The van der Waals surface area contributed by atoms with Crippen molar-refractivity contribution < 1.29 is 0 Å². The molecule has 0 saturated heterocycles. The van der Waals surface area contributed by atoms with Crippen molar-refractivity contribution >= 4 is 28.6 Å². The molecule has 0 fully saturated rings. The summed E-state index contributed by atoms with van der Waals surface area (Å²) in [4.78, 5) is 12.3. The first-order valence-corrected chi connectivity index (χ1v) is 5.90. The highest BCUT2D eigenvalue weighted by atomic mass is 15.1. The average molecular weight is 259 g/mol. The van der Waals surface area contributed by atoms with Crippen molar-refractivity contribution in [3.8, 4) is 0 Å². The first-order chi connectivity index (χ1) is 9.01. The van der Waals surface area contributed by atoms with Crippen molar-refractivity contribution in [1.82, 2.24) is 9.55 Å². The molecule has 2 aromatic rings. The second kappa shape index (κ2) is 4.97. The molecule has 19 heavy (non-hydrogen) atoms. The number of hydrogen-bond acceptors (Lipinski definition) is 2. The SMILES string of the molecule is CCc1nc2cc(N=C(N)N=C(N)N)ccc2n1C. The predicted octanol–water partition coefficient (Wildman–Crippen LogP) is 0.355. The molecule has 0 spiro atoms. The van der Waals surface area contributed by atoms with Crippen LogP contribution in [0.2, 0.25) is 0 Å². The summed E-state index contributed by atoms with van der Waals surface area (Å²) in [7, 11) is 1.99. The Morgan fingerprint density at radius 1 is 1.32 bits per heavy atom. The van der Waals surface area contributed by atoms with Crippen LogP contribution < -0.4 is 17.2 Å². The van der Waals surface area contributed by atoms with Gasteiger partial charge in [0.25, 0.3) is 0 Å². The summed E-state index contributed by atoms with van der Waals surface area (Å²) in [6, 6.07) is 5.64. The van der Waals surface area contributed by atoms with E-state index in [9.17, 15) is 0 Å². The number of hydrogen-bond donors (Lipinski definition) is 3. The van der Waals surface area contributed by atoms with Crippen LogP contribution in [0.3, 0.4) is 0 Å². The summed E-state index contributed by atoms with van der Waals surface area (Å²) >= 11 is 0. The third-order valence-corrected chi connectivity index (χ3v) is 2.76. The molecule has 0 saturated carbocycles. The molecule has 0 aliphatic heterocycles. The molecule has 0 amide bonds. The Kier molecular flexibility index (Phi) is 3.37. The van der Waals surface area contributed by atoms with Gasteiger partial charge in [-0.25, -0.2) is 9.98 Å². The van der Waals surface area contributed by atoms with Gasteiger partial charge in [-0.3, -0.25) is 0 Å². The van der Waals surface area contributed by atoms with Crippen LogP contribution in [-0.2, 0) is 13.5 Å². The minimum atomic E-state index is -0.117. The lowest BCUT2D eigenvalue weighted by atomic mass is 10.3. The Hall–Kier alpha value is -2.57. The Balaban J connectivity index is 2.45. The summed E-state index contributed by atoms with van der Waals surface area (Å²) in [6.45, 7) is 2.07. The maximum Gasteiger partial charge on any atom is 0.223 e. The molecule has 0 bridgehead atoms. The van der Waals surface area contributed by atoms with E-state index >= 15 is 0 Å². The number of benzene rings is 1. The first-order valence-electron chi connectivity index (χ1n) is 5.90. The van der Waals surface area contributed by atoms with Crippen molar-refractivity contribution in [3.63, 3.8) is 0 Å². The number of aryl methyl sites for hydroxylation is 2. The summed E-state index contributed by atoms with van der Waals surface area (Å²) in [5.41, 5.74) is 18.6. The van der Waals surface area contributed by atoms with E-state index in [0.29, 0.717) is 5.69 Å². The minimum Gasteiger partial charge on any atom is -0.370 e. The standard InChI is InChI=1S/C12H17N7/c1-3-10-17-8-6-7(4-5-9(8)19(10)2)16-12(15)18-11(13)14/h4-6H,3H2,1-2H3,(H6,13,14,15,16,18). The molecule has 0 radical (unpaired) electrons. The van der Waals surface area contributed by atoms with E-state index < -0.39 is 0 Å². The first kappa shape index (κ1) is 12.9. The van der Waals surface area contributed by atoms with Gasteiger partial charge in [0.1, 0.15) is 5.82 Å². The second-order valence-corrected chi connectivity index (χ2v) is 4.12. The van der Waals surface area contributed by atoms with E-state index in [-0.39, 0.29) is 11.9 Å². The number of fused-ring (bicyclic) bond motifs is 1. The van der Waals surface area contributed by atoms with E-state index in [2.05, 4.69) is 26.5 Å². The number of aromatic nitrogens is 2. The third-order valence-electron chi connectivity index (χ3n) is 2.76. The molecule has 7 heteroatoms. The maximum absolute atomic E-state index is 5.59. The van der Waals surface area contributed by atoms with Crippen molar-refractivity contribution in [3.05, 3.63) is 24.0 Å². The monoisotopic (exact) mass is 259 g/mol. The van der Waals surface area contributed by atoms with Gasteiger partial charge in [-0.05, 0) is 18.2 Å². The fourth-order valence-corrected chi connectivity index (χ4v) is 1.91. The van der Waals surface area contributed by atoms with Crippen LogP contribution in [0.25, 0.3) is 11.0 Å². The van der Waals surface area contributed by atoms with Gasteiger partial charge in [0.2, 0.25) is 5.96 Å². The summed E-state index contributed by atoms with van der Waals surface area (Å²) < 4.78 is 2.06. The molecule has 1 aromatic heterocycles. The highest BCUT2D eigenvalue weighted by molar-refractivity contribution is 5.94. The minimum absolute atomic E-state index is 0.0194. The molecule has 7 nitrogen and oxygen atoms in total. The fraction of sp³-hybridized carbons (Fsp3) is 0.250. The van der Waals surface area contributed by atoms with Crippen molar-refractivity contribution in [1.29, 1.82) is 0 Å². The molecule has 0 aliphatic rings. The Bertz CT molecular complexity index is 662. The van der Waals surface area contributed by atoms with Crippen LogP contribution >= 0.6 is 0 Å². The molecule has 0 aliphatic carbocycles. The van der Waals surface area contributed by atoms with E-state index in [1.165, 1.54) is 0 Å². The van der Waals surface area contributed by atoms with Crippen LogP contribution in [0.15, 0.2) is 28.2 Å². The zero-order chi connectivity index (χ0) is 14.0. The number of rotatable bonds is 2. The van der Waals surface area contributed by atoms with Crippen LogP contribution in [0.5, 0.6) is 0 Å². The molecule has 2 rings (SSSR count). The summed E-state index contributed by atoms with van der Waals surface area (Å²) in [6.07, 6.45) is 0.875. The molecule has 1 heterocycles.